The lowest BCUT2D eigenvalue weighted by molar-refractivity contribution is 0.792. The van der Waals surface area contributed by atoms with Gasteiger partial charge in [0.15, 0.2) is 0 Å². The molecule has 0 N–H and O–H groups in total. The summed E-state index contributed by atoms with van der Waals surface area (Å²) < 4.78 is 2.28. The topological polar surface area (TPSA) is 17.8 Å². The molecule has 0 amide bonds. The first-order chi connectivity index (χ1) is 7.30. The lowest BCUT2D eigenvalue weighted by Crippen LogP contribution is -1.92. The summed E-state index contributed by atoms with van der Waals surface area (Å²) in [7, 11) is 0. The lowest BCUT2D eigenvalue weighted by Gasteiger charge is -2.00. The smallest absolute Gasteiger partial charge is 0.0916 e. The summed E-state index contributed by atoms with van der Waals surface area (Å²) in [5.41, 5.74) is 5.01. The van der Waals surface area contributed by atoms with E-state index in [0.29, 0.717) is 0 Å². The molecule has 0 atom stereocenters. The molecule has 0 aliphatic carbocycles. The first kappa shape index (κ1) is 10.2. The van der Waals surface area contributed by atoms with Crippen LogP contribution in [0.2, 0.25) is 0 Å². The maximum Gasteiger partial charge on any atom is 0.0916 e. The second kappa shape index (κ2) is 4.05. The number of fused-ring (bicyclic) bond motifs is 1. The Morgan fingerprint density at radius 1 is 1.13 bits per heavy atom. The first-order valence-electron chi connectivity index (χ1n) is 5.77. The van der Waals surface area contributed by atoms with Gasteiger partial charge in [0.2, 0.25) is 0 Å². The number of nitrogens with zero attached hydrogens (tertiary/aromatic N) is 2. The number of hydrogen-bond acceptors (Lipinski definition) is 1. The van der Waals surface area contributed by atoms with Crippen LogP contribution in [0.5, 0.6) is 0 Å². The predicted octanol–water partition coefficient (Wildman–Crippen LogP) is 3.18. The average Bonchev–Trinajstić information content (AvgIpc) is 2.65. The normalized spacial score (nSPS) is 11.1. The van der Waals surface area contributed by atoms with Gasteiger partial charge in [0.1, 0.15) is 0 Å². The van der Waals surface area contributed by atoms with Gasteiger partial charge >= 0.3 is 0 Å². The monoisotopic (exact) mass is 202 g/mol. The molecule has 2 nitrogen and oxygen atoms in total. The molecule has 0 fully saturated rings. The summed E-state index contributed by atoms with van der Waals surface area (Å²) in [6, 6.07) is 4.33. The second-order valence-electron chi connectivity index (χ2n) is 3.82. The molecule has 2 heterocycles. The fourth-order valence-corrected chi connectivity index (χ4v) is 2.00. The Bertz CT molecular complexity index is 469. The van der Waals surface area contributed by atoms with Crippen LogP contribution in [-0.4, -0.2) is 9.55 Å². The maximum atomic E-state index is 4.71. The average molecular weight is 202 g/mol. The quantitative estimate of drug-likeness (QED) is 0.747. The molecule has 80 valence electrons. The van der Waals surface area contributed by atoms with Crippen LogP contribution in [0.4, 0.5) is 0 Å². The highest BCUT2D eigenvalue weighted by Crippen LogP contribution is 2.20. The summed E-state index contributed by atoms with van der Waals surface area (Å²) >= 11 is 0. The Balaban J connectivity index is 2.68. The fourth-order valence-electron chi connectivity index (χ4n) is 2.00. The van der Waals surface area contributed by atoms with Crippen LogP contribution in [0.3, 0.4) is 0 Å². The molecule has 0 bridgehead atoms. The zero-order valence-electron chi connectivity index (χ0n) is 9.75. The van der Waals surface area contributed by atoms with Gasteiger partial charge in [0, 0.05) is 18.4 Å². The van der Waals surface area contributed by atoms with Crippen LogP contribution >= 0.6 is 0 Å². The van der Waals surface area contributed by atoms with Gasteiger partial charge in [-0.15, -0.1) is 0 Å². The third kappa shape index (κ3) is 1.65. The van der Waals surface area contributed by atoms with Crippen LogP contribution in [0.15, 0.2) is 18.3 Å². The van der Waals surface area contributed by atoms with Crippen molar-refractivity contribution in [1.82, 2.24) is 9.55 Å². The van der Waals surface area contributed by atoms with E-state index in [-0.39, 0.29) is 0 Å². The molecule has 0 spiro atoms. The highest BCUT2D eigenvalue weighted by molar-refractivity contribution is 5.80. The fraction of sp³-hybridized carbons (Fsp3) is 0.462. The summed E-state index contributed by atoms with van der Waals surface area (Å²) in [5.74, 6) is 0. The zero-order valence-corrected chi connectivity index (χ0v) is 9.75. The van der Waals surface area contributed by atoms with Gasteiger partial charge in [-0.2, -0.15) is 0 Å². The number of rotatable bonds is 3. The molecular formula is C13H18N2. The Hall–Kier alpha value is -1.31. The van der Waals surface area contributed by atoms with Gasteiger partial charge in [0.05, 0.1) is 11.0 Å². The third-order valence-electron chi connectivity index (χ3n) is 2.94. The van der Waals surface area contributed by atoms with Gasteiger partial charge in [0.25, 0.3) is 0 Å². The van der Waals surface area contributed by atoms with Crippen molar-refractivity contribution >= 4 is 11.0 Å². The van der Waals surface area contributed by atoms with Gasteiger partial charge in [-0.3, -0.25) is 4.98 Å². The SMILES string of the molecule is CCc1ccc2c(n1)c(CC)cn2CC. The Labute approximate surface area is 90.9 Å². The lowest BCUT2D eigenvalue weighted by atomic mass is 10.2. The minimum atomic E-state index is 1.01. The van der Waals surface area contributed by atoms with E-state index >= 15 is 0 Å². The van der Waals surface area contributed by atoms with Crippen LogP contribution in [0.1, 0.15) is 32.0 Å². The summed E-state index contributed by atoms with van der Waals surface area (Å²) in [5, 5.41) is 0. The minimum Gasteiger partial charge on any atom is -0.346 e. The van der Waals surface area contributed by atoms with Crippen LogP contribution in [0, 0.1) is 0 Å². The van der Waals surface area contributed by atoms with Gasteiger partial charge in [-0.25, -0.2) is 0 Å². The Morgan fingerprint density at radius 3 is 2.53 bits per heavy atom. The molecule has 2 rings (SSSR count). The third-order valence-corrected chi connectivity index (χ3v) is 2.94. The number of hydrogen-bond donors (Lipinski definition) is 0. The highest BCUT2D eigenvalue weighted by atomic mass is 15.0. The summed E-state index contributed by atoms with van der Waals surface area (Å²) in [6.45, 7) is 7.53. The zero-order chi connectivity index (χ0) is 10.8. The Kier molecular flexibility index (Phi) is 2.76. The van der Waals surface area contributed by atoms with Gasteiger partial charge < -0.3 is 4.57 Å². The number of aromatic nitrogens is 2. The summed E-state index contributed by atoms with van der Waals surface area (Å²) in [4.78, 5) is 4.71. The van der Waals surface area contributed by atoms with E-state index in [2.05, 4.69) is 43.7 Å². The minimum absolute atomic E-state index is 1.01. The Morgan fingerprint density at radius 2 is 1.93 bits per heavy atom. The maximum absolute atomic E-state index is 4.71. The predicted molar refractivity (Wildman–Crippen MR) is 64.2 cm³/mol. The second-order valence-corrected chi connectivity index (χ2v) is 3.82. The molecule has 0 unspecified atom stereocenters. The molecule has 15 heavy (non-hydrogen) atoms. The van der Waals surface area contributed by atoms with E-state index in [4.69, 9.17) is 4.98 Å². The molecule has 0 saturated heterocycles. The molecule has 2 aromatic heterocycles. The number of aryl methyl sites for hydroxylation is 3. The van der Waals surface area contributed by atoms with E-state index in [1.807, 2.05) is 0 Å². The molecule has 2 heteroatoms. The first-order valence-corrected chi connectivity index (χ1v) is 5.77. The van der Waals surface area contributed by atoms with Crippen molar-refractivity contribution in [3.05, 3.63) is 29.6 Å². The summed E-state index contributed by atoms with van der Waals surface area (Å²) in [6.07, 6.45) is 4.30. The van der Waals surface area contributed by atoms with E-state index in [9.17, 15) is 0 Å². The van der Waals surface area contributed by atoms with E-state index < -0.39 is 0 Å². The van der Waals surface area contributed by atoms with Crippen LogP contribution in [0.25, 0.3) is 11.0 Å². The molecule has 0 aromatic carbocycles. The molecule has 0 aliphatic rings. The molecule has 0 saturated carbocycles. The standard InChI is InChI=1S/C13H18N2/c1-4-10-9-15(6-3)12-8-7-11(5-2)14-13(10)12/h7-9H,4-6H2,1-3H3. The van der Waals surface area contributed by atoms with Gasteiger partial charge in [-0.05, 0) is 37.5 Å². The van der Waals surface area contributed by atoms with E-state index in [1.165, 1.54) is 22.3 Å². The molecule has 0 radical (unpaired) electrons. The van der Waals surface area contributed by atoms with Crippen molar-refractivity contribution < 1.29 is 0 Å². The van der Waals surface area contributed by atoms with Crippen LogP contribution < -0.4 is 0 Å². The van der Waals surface area contributed by atoms with Crippen LogP contribution in [-0.2, 0) is 19.4 Å². The molecule has 2 aromatic rings. The van der Waals surface area contributed by atoms with Crippen molar-refractivity contribution in [3.63, 3.8) is 0 Å². The molecule has 0 aliphatic heterocycles. The largest absolute Gasteiger partial charge is 0.346 e. The van der Waals surface area contributed by atoms with Crippen molar-refractivity contribution in [2.75, 3.05) is 0 Å². The highest BCUT2D eigenvalue weighted by Gasteiger charge is 2.07. The van der Waals surface area contributed by atoms with E-state index in [0.717, 1.165) is 19.4 Å². The van der Waals surface area contributed by atoms with Gasteiger partial charge in [-0.1, -0.05) is 13.8 Å². The van der Waals surface area contributed by atoms with Crippen molar-refractivity contribution in [1.29, 1.82) is 0 Å². The van der Waals surface area contributed by atoms with Crippen molar-refractivity contribution in [3.8, 4) is 0 Å². The van der Waals surface area contributed by atoms with E-state index in [1.54, 1.807) is 0 Å². The molecular weight excluding hydrogens is 184 g/mol. The van der Waals surface area contributed by atoms with Crippen molar-refractivity contribution in [2.45, 2.75) is 40.2 Å². The number of pyridine rings is 1. The van der Waals surface area contributed by atoms with Crippen molar-refractivity contribution in [2.24, 2.45) is 0 Å².